The third-order valence-electron chi connectivity index (χ3n) is 10.9. The van der Waals surface area contributed by atoms with Crippen LogP contribution in [0.2, 0.25) is 0 Å². The molecule has 0 aromatic carbocycles. The number of carbonyl (C=O) groups excluding carboxylic acids is 4. The highest BCUT2D eigenvalue weighted by Crippen LogP contribution is 2.50. The van der Waals surface area contributed by atoms with E-state index in [0.29, 0.717) is 66.2 Å². The Morgan fingerprint density at radius 2 is 1.14 bits per heavy atom. The topological polar surface area (TPSA) is 112 Å². The smallest absolute Gasteiger partial charge is 0.261 e. The molecule has 5 heterocycles. The summed E-state index contributed by atoms with van der Waals surface area (Å²) in [6, 6.07) is 11.7. The minimum atomic E-state index is -0.127. The number of pyridine rings is 1. The highest BCUT2D eigenvalue weighted by atomic mass is 32.1. The summed E-state index contributed by atoms with van der Waals surface area (Å²) < 4.78 is 0. The Bertz CT molecular complexity index is 1850. The van der Waals surface area contributed by atoms with Crippen LogP contribution < -0.4 is 10.6 Å². The van der Waals surface area contributed by atoms with E-state index in [0.717, 1.165) is 103 Å². The molecule has 0 radical (unpaired) electrons. The van der Waals surface area contributed by atoms with Crippen molar-refractivity contribution in [3.8, 4) is 10.4 Å². The molecule has 3 aromatic heterocycles. The molecule has 2 N–H and O–H groups in total. The first-order valence-corrected chi connectivity index (χ1v) is 22.8. The molecule has 3 aromatic rings. The predicted molar refractivity (Wildman–Crippen MR) is 232 cm³/mol. The molecule has 302 valence electrons. The van der Waals surface area contributed by atoms with Gasteiger partial charge in [-0.15, -0.1) is 22.7 Å². The predicted octanol–water partition coefficient (Wildman–Crippen LogP) is 11.4. The molecule has 2 unspecified atom stereocenters. The molecule has 2 aliphatic heterocycles. The van der Waals surface area contributed by atoms with Gasteiger partial charge in [-0.3, -0.25) is 19.2 Å². The van der Waals surface area contributed by atoms with Crippen molar-refractivity contribution in [1.29, 1.82) is 0 Å². The van der Waals surface area contributed by atoms with Crippen LogP contribution in [0.25, 0.3) is 21.8 Å². The van der Waals surface area contributed by atoms with Crippen molar-refractivity contribution >= 4 is 69.3 Å². The summed E-state index contributed by atoms with van der Waals surface area (Å²) in [7, 11) is 0. The Morgan fingerprint density at radius 3 is 1.59 bits per heavy atom. The van der Waals surface area contributed by atoms with Crippen LogP contribution in [0.4, 0.5) is 11.6 Å². The van der Waals surface area contributed by atoms with Crippen molar-refractivity contribution in [2.24, 2.45) is 11.8 Å². The van der Waals surface area contributed by atoms with Crippen molar-refractivity contribution in [3.63, 3.8) is 0 Å². The average molecular weight is 800 g/mol. The fraction of sp³-hybridized carbons (Fsp3) is 0.533. The maximum absolute atomic E-state index is 14.9. The molecule has 0 aliphatic carbocycles. The number of hydrogen-bond acceptors (Lipinski definition) is 7. The van der Waals surface area contributed by atoms with E-state index in [4.69, 9.17) is 0 Å². The van der Waals surface area contributed by atoms with E-state index >= 15 is 0 Å². The Morgan fingerprint density at radius 1 is 0.661 bits per heavy atom. The van der Waals surface area contributed by atoms with Crippen LogP contribution in [0.3, 0.4) is 0 Å². The number of thiophene rings is 2. The van der Waals surface area contributed by atoms with Gasteiger partial charge in [0.1, 0.15) is 11.6 Å². The molecule has 9 nitrogen and oxygen atoms in total. The number of amides is 4. The molecule has 4 amide bonds. The van der Waals surface area contributed by atoms with Gasteiger partial charge in [0.25, 0.3) is 11.8 Å². The summed E-state index contributed by atoms with van der Waals surface area (Å²) in [4.78, 5) is 66.5. The number of hydrogen-bond donors (Lipinski definition) is 2. The lowest BCUT2D eigenvalue weighted by Crippen LogP contribution is -2.34. The molecule has 2 atom stereocenters. The Balaban J connectivity index is 1.63. The van der Waals surface area contributed by atoms with Crippen LogP contribution in [-0.4, -0.2) is 51.5 Å². The van der Waals surface area contributed by atoms with Gasteiger partial charge in [-0.1, -0.05) is 99.0 Å². The average Bonchev–Trinajstić information content (AvgIpc) is 4.00. The zero-order valence-electron chi connectivity index (χ0n) is 34.3. The Hall–Kier alpha value is -4.09. The molecular formula is C45H61N5O4S2. The Kier molecular flexibility index (Phi) is 16.1. The minimum Gasteiger partial charge on any atom is -0.311 e. The second-order valence-corrected chi connectivity index (χ2v) is 17.2. The lowest BCUT2D eigenvalue weighted by molar-refractivity contribution is -0.124. The molecule has 0 spiro atoms. The van der Waals surface area contributed by atoms with Gasteiger partial charge in [0, 0.05) is 30.8 Å². The molecule has 0 saturated heterocycles. The van der Waals surface area contributed by atoms with Gasteiger partial charge < -0.3 is 20.4 Å². The summed E-state index contributed by atoms with van der Waals surface area (Å²) >= 11 is 3.08. The normalized spacial score (nSPS) is 15.2. The number of anilines is 2. The van der Waals surface area contributed by atoms with Crippen molar-refractivity contribution in [2.75, 3.05) is 23.7 Å². The number of fused-ring (bicyclic) bond motifs is 1. The summed E-state index contributed by atoms with van der Waals surface area (Å²) in [6.45, 7) is 14.0. The van der Waals surface area contributed by atoms with E-state index in [1.807, 2.05) is 65.4 Å². The second kappa shape index (κ2) is 20.9. The molecule has 11 heteroatoms. The van der Waals surface area contributed by atoms with Crippen LogP contribution in [-0.2, 0) is 19.2 Å². The lowest BCUT2D eigenvalue weighted by atomic mass is 9.98. The zero-order valence-corrected chi connectivity index (χ0v) is 35.9. The summed E-state index contributed by atoms with van der Waals surface area (Å²) in [5.41, 5.74) is 3.25. The monoisotopic (exact) mass is 799 g/mol. The number of aromatic nitrogens is 1. The van der Waals surface area contributed by atoms with Crippen LogP contribution >= 0.6 is 22.7 Å². The first kappa shape index (κ1) is 43.0. The zero-order chi connectivity index (χ0) is 40.2. The van der Waals surface area contributed by atoms with E-state index in [2.05, 4.69) is 43.3 Å². The van der Waals surface area contributed by atoms with Crippen LogP contribution in [0.5, 0.6) is 0 Å². The fourth-order valence-corrected chi connectivity index (χ4v) is 9.37. The summed E-state index contributed by atoms with van der Waals surface area (Å²) in [5, 5.41) is 7.89. The van der Waals surface area contributed by atoms with Gasteiger partial charge in [-0.2, -0.15) is 0 Å². The van der Waals surface area contributed by atoms with E-state index in [1.54, 1.807) is 11.3 Å². The first-order chi connectivity index (χ1) is 27.2. The van der Waals surface area contributed by atoms with E-state index in [1.165, 1.54) is 11.3 Å². The number of unbranched alkanes of at least 4 members (excludes halogenated alkanes) is 4. The lowest BCUT2D eigenvalue weighted by Gasteiger charge is -2.29. The van der Waals surface area contributed by atoms with Gasteiger partial charge in [0.2, 0.25) is 11.8 Å². The van der Waals surface area contributed by atoms with E-state index < -0.39 is 0 Å². The number of rotatable bonds is 23. The van der Waals surface area contributed by atoms with Crippen molar-refractivity contribution in [3.05, 3.63) is 62.7 Å². The largest absolute Gasteiger partial charge is 0.311 e. The molecular weight excluding hydrogens is 739 g/mol. The highest BCUT2D eigenvalue weighted by Gasteiger charge is 2.50. The maximum atomic E-state index is 14.9. The standard InChI is InChI=1S/C45H61N5O4S2/c1-7-13-18-30(11-5)28-49-42(34-20-17-25-55-34)40-41(45(49)54)43(50(44(40)53)29-31(12-6)19-14-8-2)35-24-23-33(56-35)32-26-36(47-38(51)21-15-9-3)46-37(27-32)48-39(52)22-16-10-4/h17,20,23-27,30-31H,7-16,18-19,21-22,28-29H2,1-6H3,(H2,46,47,48,51,52). The van der Waals surface area contributed by atoms with Crippen LogP contribution in [0.15, 0.2) is 52.9 Å². The van der Waals surface area contributed by atoms with Crippen LogP contribution in [0, 0.1) is 11.8 Å². The molecule has 56 heavy (non-hydrogen) atoms. The number of nitrogens with one attached hydrogen (secondary N) is 2. The van der Waals surface area contributed by atoms with Gasteiger partial charge in [-0.05, 0) is 78.8 Å². The summed E-state index contributed by atoms with van der Waals surface area (Å²) in [6.07, 6.45) is 12.4. The van der Waals surface area contributed by atoms with Crippen molar-refractivity contribution in [2.45, 2.75) is 131 Å². The number of nitrogens with zero attached hydrogens (tertiary/aromatic N) is 3. The third-order valence-corrected chi connectivity index (χ3v) is 12.9. The molecule has 0 saturated carbocycles. The fourth-order valence-electron chi connectivity index (χ4n) is 7.53. The van der Waals surface area contributed by atoms with Crippen LogP contribution in [0.1, 0.15) is 141 Å². The van der Waals surface area contributed by atoms with Gasteiger partial charge >= 0.3 is 0 Å². The molecule has 0 fully saturated rings. The molecule has 5 rings (SSSR count). The third kappa shape index (κ3) is 10.3. The second-order valence-electron chi connectivity index (χ2n) is 15.2. The molecule has 2 aliphatic rings. The molecule has 0 bridgehead atoms. The minimum absolute atomic E-state index is 0.0983. The van der Waals surface area contributed by atoms with E-state index in [9.17, 15) is 19.2 Å². The van der Waals surface area contributed by atoms with Gasteiger partial charge in [-0.25, -0.2) is 4.98 Å². The van der Waals surface area contributed by atoms with E-state index in [-0.39, 0.29) is 23.6 Å². The maximum Gasteiger partial charge on any atom is 0.261 e. The van der Waals surface area contributed by atoms with Gasteiger partial charge in [0.15, 0.2) is 0 Å². The number of carbonyl (C=O) groups is 4. The summed E-state index contributed by atoms with van der Waals surface area (Å²) in [5.74, 6) is 0.905. The van der Waals surface area contributed by atoms with Crippen molar-refractivity contribution < 1.29 is 19.2 Å². The Labute approximate surface area is 342 Å². The van der Waals surface area contributed by atoms with Crippen molar-refractivity contribution in [1.82, 2.24) is 14.8 Å². The quantitative estimate of drug-likeness (QED) is 0.0992. The highest BCUT2D eigenvalue weighted by molar-refractivity contribution is 7.16. The SMILES string of the molecule is CCCCC(=O)Nc1cc(-c2ccc(C3=C4C(=O)N(CC(CC)CCCC)C(c5cccs5)=C4C(=O)N3CC(CC)CCCC)s2)cc(NC(=O)CCCC)n1. The van der Waals surface area contributed by atoms with Gasteiger partial charge in [0.05, 0.1) is 32.3 Å². The first-order valence-electron chi connectivity index (χ1n) is 21.1.